The number of allylic oxidation sites excluding steroid dienone is 1. The van der Waals surface area contributed by atoms with Crippen molar-refractivity contribution in [1.82, 2.24) is 4.57 Å². The van der Waals surface area contributed by atoms with Gasteiger partial charge in [-0.15, -0.1) is 6.58 Å². The molecule has 2 aromatic rings. The topological polar surface area (TPSA) is 92.0 Å². The first-order valence-electron chi connectivity index (χ1n) is 10.0. The molecule has 1 aliphatic carbocycles. The van der Waals surface area contributed by atoms with Crippen molar-refractivity contribution in [2.75, 3.05) is 5.32 Å². The van der Waals surface area contributed by atoms with Crippen molar-refractivity contribution in [3.63, 3.8) is 0 Å². The maximum atomic E-state index is 13.5. The molecule has 1 aromatic carbocycles. The molecule has 1 saturated carbocycles. The molecule has 0 saturated heterocycles. The summed E-state index contributed by atoms with van der Waals surface area (Å²) in [5, 5.41) is 11.6. The summed E-state index contributed by atoms with van der Waals surface area (Å²) < 4.78 is 15.1. The van der Waals surface area contributed by atoms with Gasteiger partial charge in [0.2, 0.25) is 11.6 Å². The summed E-state index contributed by atoms with van der Waals surface area (Å²) in [6, 6.07) is 5.41. The molecule has 0 spiro atoms. The SMILES string of the molecule is C=CC1(CC(=O)C(=O)c2c(C)c(C(=O)Nc3ccc(F)c(C#N)c3)n(C)c2C)CCC1. The number of benzene rings is 1. The maximum Gasteiger partial charge on any atom is 0.272 e. The Morgan fingerprint density at radius 1 is 1.32 bits per heavy atom. The Morgan fingerprint density at radius 3 is 2.55 bits per heavy atom. The predicted octanol–water partition coefficient (Wildman–Crippen LogP) is 4.40. The van der Waals surface area contributed by atoms with Crippen LogP contribution < -0.4 is 5.32 Å². The normalized spacial score (nSPS) is 14.3. The van der Waals surface area contributed by atoms with Gasteiger partial charge in [0.05, 0.1) is 11.1 Å². The number of nitriles is 1. The van der Waals surface area contributed by atoms with Gasteiger partial charge in [-0.25, -0.2) is 4.39 Å². The first-order chi connectivity index (χ1) is 14.6. The molecule has 0 aliphatic heterocycles. The van der Waals surface area contributed by atoms with Gasteiger partial charge in [-0.2, -0.15) is 5.26 Å². The lowest BCUT2D eigenvalue weighted by molar-refractivity contribution is -0.117. The summed E-state index contributed by atoms with van der Waals surface area (Å²) in [7, 11) is 1.64. The van der Waals surface area contributed by atoms with E-state index in [-0.39, 0.29) is 34.3 Å². The van der Waals surface area contributed by atoms with E-state index in [4.69, 9.17) is 5.26 Å². The first-order valence-corrected chi connectivity index (χ1v) is 10.0. The van der Waals surface area contributed by atoms with Crippen LogP contribution in [-0.2, 0) is 11.8 Å². The Bertz CT molecular complexity index is 1150. The molecule has 1 fully saturated rings. The zero-order valence-electron chi connectivity index (χ0n) is 17.8. The minimum atomic E-state index is -0.679. The summed E-state index contributed by atoms with van der Waals surface area (Å²) in [5.74, 6) is -2.29. The smallest absolute Gasteiger partial charge is 0.272 e. The van der Waals surface area contributed by atoms with E-state index in [1.165, 1.54) is 12.1 Å². The monoisotopic (exact) mass is 421 g/mol. The van der Waals surface area contributed by atoms with Crippen molar-refractivity contribution in [1.29, 1.82) is 5.26 Å². The molecular formula is C24H24FN3O3. The van der Waals surface area contributed by atoms with Crippen molar-refractivity contribution >= 4 is 23.2 Å². The van der Waals surface area contributed by atoms with Gasteiger partial charge in [-0.1, -0.05) is 12.5 Å². The van der Waals surface area contributed by atoms with E-state index < -0.39 is 23.3 Å². The summed E-state index contributed by atoms with van der Waals surface area (Å²) >= 11 is 0. The molecule has 0 radical (unpaired) electrons. The summed E-state index contributed by atoms with van der Waals surface area (Å²) in [4.78, 5) is 38.6. The van der Waals surface area contributed by atoms with Gasteiger partial charge in [0.1, 0.15) is 17.6 Å². The van der Waals surface area contributed by atoms with Gasteiger partial charge in [0.25, 0.3) is 5.91 Å². The largest absolute Gasteiger partial charge is 0.343 e. The highest BCUT2D eigenvalue weighted by Crippen LogP contribution is 2.45. The van der Waals surface area contributed by atoms with Gasteiger partial charge in [-0.05, 0) is 55.9 Å². The molecule has 3 rings (SSSR count). The maximum absolute atomic E-state index is 13.5. The van der Waals surface area contributed by atoms with Crippen molar-refractivity contribution < 1.29 is 18.8 Å². The van der Waals surface area contributed by atoms with Crippen LogP contribution in [0.5, 0.6) is 0 Å². The standard InChI is InChI=1S/C24H24FN3O3/c1-5-24(9-6-10-24)12-19(29)22(30)20-14(2)21(28(4)15(20)3)23(31)27-17-7-8-18(25)16(11-17)13-26/h5,7-8,11H,1,6,9-10,12H2,2-4H3,(H,27,31). The van der Waals surface area contributed by atoms with Crippen molar-refractivity contribution in [3.8, 4) is 6.07 Å². The third kappa shape index (κ3) is 3.93. The first kappa shape index (κ1) is 22.2. The third-order valence-electron chi connectivity index (χ3n) is 6.27. The lowest BCUT2D eigenvalue weighted by atomic mass is 9.65. The summed E-state index contributed by atoms with van der Waals surface area (Å²) in [6.07, 6.45) is 4.59. The van der Waals surface area contributed by atoms with E-state index in [1.54, 1.807) is 37.6 Å². The molecule has 1 amide bonds. The van der Waals surface area contributed by atoms with Crippen molar-refractivity contribution in [3.05, 3.63) is 64.7 Å². The number of hydrogen-bond acceptors (Lipinski definition) is 4. The second-order valence-electron chi connectivity index (χ2n) is 8.10. The van der Waals surface area contributed by atoms with Gasteiger partial charge in [0, 0.05) is 24.8 Å². The van der Waals surface area contributed by atoms with Gasteiger partial charge < -0.3 is 9.88 Å². The Kier molecular flexibility index (Phi) is 5.94. The number of anilines is 1. The van der Waals surface area contributed by atoms with E-state index in [0.29, 0.717) is 11.3 Å². The van der Waals surface area contributed by atoms with E-state index in [0.717, 1.165) is 25.3 Å². The van der Waals surface area contributed by atoms with E-state index in [9.17, 15) is 18.8 Å². The van der Waals surface area contributed by atoms with Crippen LogP contribution in [-0.4, -0.2) is 22.0 Å². The van der Waals surface area contributed by atoms with Crippen LogP contribution in [0.1, 0.15) is 63.4 Å². The lowest BCUT2D eigenvalue weighted by Gasteiger charge is -2.38. The number of nitrogens with zero attached hydrogens (tertiary/aromatic N) is 2. The fourth-order valence-corrected chi connectivity index (χ4v) is 4.14. The average Bonchev–Trinajstić information content (AvgIpc) is 2.93. The molecule has 1 aliphatic rings. The number of ketones is 2. The molecule has 0 atom stereocenters. The molecule has 1 aromatic heterocycles. The van der Waals surface area contributed by atoms with Crippen LogP contribution in [0.15, 0.2) is 30.9 Å². The fraction of sp³-hybridized carbons (Fsp3) is 0.333. The third-order valence-corrected chi connectivity index (χ3v) is 6.27. The number of hydrogen-bond donors (Lipinski definition) is 1. The zero-order chi connectivity index (χ0) is 22.9. The molecule has 0 unspecified atom stereocenters. The van der Waals surface area contributed by atoms with Crippen LogP contribution in [0.2, 0.25) is 0 Å². The lowest BCUT2D eigenvalue weighted by Crippen LogP contribution is -2.32. The molecule has 160 valence electrons. The van der Waals surface area contributed by atoms with E-state index >= 15 is 0 Å². The van der Waals surface area contributed by atoms with Crippen molar-refractivity contribution in [2.24, 2.45) is 12.5 Å². The number of halogens is 1. The average molecular weight is 421 g/mol. The van der Waals surface area contributed by atoms with Crippen molar-refractivity contribution in [2.45, 2.75) is 39.5 Å². The Labute approximate surface area is 180 Å². The second kappa shape index (κ2) is 8.31. The molecule has 1 heterocycles. The number of aromatic nitrogens is 1. The van der Waals surface area contributed by atoms with Crippen LogP contribution in [0, 0.1) is 36.4 Å². The van der Waals surface area contributed by atoms with Crippen LogP contribution in [0.25, 0.3) is 0 Å². The molecule has 6 nitrogen and oxygen atoms in total. The highest BCUT2D eigenvalue weighted by atomic mass is 19.1. The minimum absolute atomic E-state index is 0.122. The molecule has 1 N–H and O–H groups in total. The Balaban J connectivity index is 1.88. The number of amides is 1. The summed E-state index contributed by atoms with van der Waals surface area (Å²) in [5.41, 5.74) is 1.13. The Hall–Kier alpha value is -3.53. The molecule has 31 heavy (non-hydrogen) atoms. The fourth-order valence-electron chi connectivity index (χ4n) is 4.14. The second-order valence-corrected chi connectivity index (χ2v) is 8.10. The van der Waals surface area contributed by atoms with Gasteiger partial charge in [-0.3, -0.25) is 14.4 Å². The van der Waals surface area contributed by atoms with Crippen LogP contribution >= 0.6 is 0 Å². The highest BCUT2D eigenvalue weighted by Gasteiger charge is 2.38. The Morgan fingerprint density at radius 2 is 2.00 bits per heavy atom. The summed E-state index contributed by atoms with van der Waals surface area (Å²) in [6.45, 7) is 7.12. The van der Waals surface area contributed by atoms with E-state index in [2.05, 4.69) is 11.9 Å². The number of nitrogens with one attached hydrogen (secondary N) is 1. The minimum Gasteiger partial charge on any atom is -0.343 e. The molecular weight excluding hydrogens is 397 g/mol. The number of rotatable bonds is 7. The number of carbonyl (C=O) groups is 3. The number of carbonyl (C=O) groups excluding carboxylic acids is 3. The number of Topliss-reactive ketones (excluding diaryl/α,β-unsaturated/α-hetero) is 2. The zero-order valence-corrected chi connectivity index (χ0v) is 17.8. The molecule has 0 bridgehead atoms. The molecule has 7 heteroatoms. The highest BCUT2D eigenvalue weighted by molar-refractivity contribution is 6.44. The quantitative estimate of drug-likeness (QED) is 0.407. The van der Waals surface area contributed by atoms with Gasteiger partial charge in [0.15, 0.2) is 0 Å². The van der Waals surface area contributed by atoms with Crippen LogP contribution in [0.4, 0.5) is 10.1 Å². The van der Waals surface area contributed by atoms with Crippen LogP contribution in [0.3, 0.4) is 0 Å². The predicted molar refractivity (Wildman–Crippen MR) is 114 cm³/mol. The van der Waals surface area contributed by atoms with E-state index in [1.807, 2.05) is 0 Å². The van der Waals surface area contributed by atoms with Gasteiger partial charge >= 0.3 is 0 Å².